The largest absolute Gasteiger partial charge is 0.417 e. The summed E-state index contributed by atoms with van der Waals surface area (Å²) < 4.78 is 39.6. The molecule has 0 aliphatic carbocycles. The first kappa shape index (κ1) is 15.6. The molecule has 2 rings (SSSR count). The number of halogens is 3. The number of nitrogens with zero attached hydrogens (tertiary/aromatic N) is 3. The topological polar surface area (TPSA) is 59.8 Å². The van der Waals surface area contributed by atoms with Crippen LogP contribution in [0, 0.1) is 11.8 Å². The van der Waals surface area contributed by atoms with E-state index in [9.17, 15) is 18.0 Å². The Morgan fingerprint density at radius 2 is 2.09 bits per heavy atom. The molecule has 0 saturated carbocycles. The lowest BCUT2D eigenvalue weighted by atomic mass is 10.1. The number of rotatable bonds is 2. The maximum Gasteiger partial charge on any atom is 0.417 e. The Morgan fingerprint density at radius 3 is 2.73 bits per heavy atom. The fourth-order valence-corrected chi connectivity index (χ4v) is 1.65. The fourth-order valence-electron chi connectivity index (χ4n) is 1.65. The van der Waals surface area contributed by atoms with Gasteiger partial charge in [0.05, 0.1) is 18.3 Å². The molecule has 0 saturated heterocycles. The molecule has 1 heterocycles. The Bertz CT molecular complexity index is 740. The highest BCUT2D eigenvalue weighted by molar-refractivity contribution is 5.91. The van der Waals surface area contributed by atoms with Crippen molar-refractivity contribution in [3.8, 4) is 11.8 Å². The van der Waals surface area contributed by atoms with Gasteiger partial charge in [0.1, 0.15) is 0 Å². The first-order valence-corrected chi connectivity index (χ1v) is 6.17. The summed E-state index contributed by atoms with van der Waals surface area (Å²) in [5.74, 6) is 4.40. The van der Waals surface area contributed by atoms with Crippen LogP contribution >= 0.6 is 0 Å². The van der Waals surface area contributed by atoms with Crippen molar-refractivity contribution in [2.75, 3.05) is 6.54 Å². The summed E-state index contributed by atoms with van der Waals surface area (Å²) in [5.41, 5.74) is -0.827. The normalized spacial score (nSPS) is 10.7. The molecule has 5 nitrogen and oxygen atoms in total. The number of benzene rings is 1. The standard InChI is InChI=1S/C14H11F3N4O/c1-21-9-12(19-20-21)13(22)18-8-4-6-10-5-2-3-7-11(10)14(15,16)17/h2-3,5,7,9H,8H2,1H3,(H,18,22). The SMILES string of the molecule is Cn1cc(C(=O)NCC#Cc2ccccc2C(F)(F)F)nn1. The van der Waals surface area contributed by atoms with Crippen LogP contribution in [0.2, 0.25) is 0 Å². The van der Waals surface area contributed by atoms with Gasteiger partial charge in [-0.2, -0.15) is 13.2 Å². The predicted octanol–water partition coefficient (Wildman–Crippen LogP) is 1.62. The minimum atomic E-state index is -4.46. The maximum atomic E-state index is 12.8. The van der Waals surface area contributed by atoms with E-state index in [4.69, 9.17) is 0 Å². The van der Waals surface area contributed by atoms with Crippen LogP contribution < -0.4 is 5.32 Å². The number of carbonyl (C=O) groups excluding carboxylic acids is 1. The third kappa shape index (κ3) is 3.85. The second-order valence-electron chi connectivity index (χ2n) is 4.31. The van der Waals surface area contributed by atoms with Crippen molar-refractivity contribution in [2.24, 2.45) is 7.05 Å². The lowest BCUT2D eigenvalue weighted by Crippen LogP contribution is -2.24. The maximum absolute atomic E-state index is 12.8. The number of alkyl halides is 3. The molecule has 0 bridgehead atoms. The van der Waals surface area contributed by atoms with E-state index in [0.29, 0.717) is 0 Å². The third-order valence-corrected chi connectivity index (χ3v) is 2.63. The van der Waals surface area contributed by atoms with Crippen LogP contribution in [0.1, 0.15) is 21.6 Å². The second kappa shape index (κ2) is 6.30. The summed E-state index contributed by atoms with van der Waals surface area (Å²) in [6.07, 6.45) is -3.05. The van der Waals surface area contributed by atoms with Crippen LogP contribution in [0.5, 0.6) is 0 Å². The number of aromatic nitrogens is 3. The fraction of sp³-hybridized carbons (Fsp3) is 0.214. The predicted molar refractivity (Wildman–Crippen MR) is 71.7 cm³/mol. The molecular weight excluding hydrogens is 297 g/mol. The lowest BCUT2D eigenvalue weighted by molar-refractivity contribution is -0.137. The van der Waals surface area contributed by atoms with Gasteiger partial charge in [-0.15, -0.1) is 5.10 Å². The van der Waals surface area contributed by atoms with Crippen molar-refractivity contribution in [3.63, 3.8) is 0 Å². The summed E-state index contributed by atoms with van der Waals surface area (Å²) in [5, 5.41) is 9.63. The average Bonchev–Trinajstić information content (AvgIpc) is 2.89. The van der Waals surface area contributed by atoms with E-state index < -0.39 is 17.6 Å². The highest BCUT2D eigenvalue weighted by atomic mass is 19.4. The lowest BCUT2D eigenvalue weighted by Gasteiger charge is -2.08. The molecule has 0 unspecified atom stereocenters. The highest BCUT2D eigenvalue weighted by Crippen LogP contribution is 2.31. The molecule has 2 aromatic rings. The molecular formula is C14H11F3N4O. The van der Waals surface area contributed by atoms with Crippen molar-refractivity contribution < 1.29 is 18.0 Å². The second-order valence-corrected chi connectivity index (χ2v) is 4.31. The van der Waals surface area contributed by atoms with Crippen molar-refractivity contribution >= 4 is 5.91 Å². The quantitative estimate of drug-likeness (QED) is 0.858. The Morgan fingerprint density at radius 1 is 1.36 bits per heavy atom. The molecule has 0 atom stereocenters. The van der Waals surface area contributed by atoms with Crippen LogP contribution in [0.3, 0.4) is 0 Å². The van der Waals surface area contributed by atoms with Gasteiger partial charge in [0.25, 0.3) is 5.91 Å². The Kier molecular flexibility index (Phi) is 4.46. The zero-order chi connectivity index (χ0) is 16.2. The van der Waals surface area contributed by atoms with Gasteiger partial charge in [0.2, 0.25) is 0 Å². The van der Waals surface area contributed by atoms with Crippen molar-refractivity contribution in [1.29, 1.82) is 0 Å². The zero-order valence-electron chi connectivity index (χ0n) is 11.5. The third-order valence-electron chi connectivity index (χ3n) is 2.63. The first-order chi connectivity index (χ1) is 10.4. The first-order valence-electron chi connectivity index (χ1n) is 6.17. The number of aryl methyl sites for hydroxylation is 1. The number of hydrogen-bond acceptors (Lipinski definition) is 3. The Hall–Kier alpha value is -2.82. The van der Waals surface area contributed by atoms with E-state index in [0.717, 1.165) is 6.07 Å². The summed E-state index contributed by atoms with van der Waals surface area (Å²) in [7, 11) is 1.61. The highest BCUT2D eigenvalue weighted by Gasteiger charge is 2.32. The molecule has 1 aromatic carbocycles. The molecule has 0 aliphatic heterocycles. The van der Waals surface area contributed by atoms with Crippen LogP contribution in [0.25, 0.3) is 0 Å². The van der Waals surface area contributed by atoms with Gasteiger partial charge in [-0.05, 0) is 12.1 Å². The molecule has 22 heavy (non-hydrogen) atoms. The van der Waals surface area contributed by atoms with Gasteiger partial charge in [-0.1, -0.05) is 29.2 Å². The van der Waals surface area contributed by atoms with E-state index in [1.165, 1.54) is 29.1 Å². The average molecular weight is 308 g/mol. The number of amides is 1. The molecule has 1 N–H and O–H groups in total. The van der Waals surface area contributed by atoms with Gasteiger partial charge in [-0.3, -0.25) is 9.48 Å². The molecule has 0 fully saturated rings. The van der Waals surface area contributed by atoms with Crippen LogP contribution in [-0.4, -0.2) is 27.4 Å². The van der Waals surface area contributed by atoms with Gasteiger partial charge < -0.3 is 5.32 Å². The molecule has 1 amide bonds. The smallest absolute Gasteiger partial charge is 0.340 e. The minimum Gasteiger partial charge on any atom is -0.340 e. The van der Waals surface area contributed by atoms with Crippen LogP contribution in [-0.2, 0) is 13.2 Å². The van der Waals surface area contributed by atoms with Crippen molar-refractivity contribution in [3.05, 3.63) is 47.3 Å². The summed E-state index contributed by atoms with van der Waals surface area (Å²) in [6.45, 7) is -0.0956. The van der Waals surface area contributed by atoms with Crippen molar-refractivity contribution in [2.45, 2.75) is 6.18 Å². The number of hydrogen-bond donors (Lipinski definition) is 1. The van der Waals surface area contributed by atoms with Crippen LogP contribution in [0.4, 0.5) is 13.2 Å². The molecule has 0 aliphatic rings. The number of nitrogens with one attached hydrogen (secondary N) is 1. The molecule has 1 aromatic heterocycles. The van der Waals surface area contributed by atoms with Crippen LogP contribution in [0.15, 0.2) is 30.5 Å². The molecule has 114 valence electrons. The van der Waals surface area contributed by atoms with Gasteiger partial charge in [0, 0.05) is 12.6 Å². The summed E-state index contributed by atoms with van der Waals surface area (Å²) >= 11 is 0. The Balaban J connectivity index is 2.02. The molecule has 0 radical (unpaired) electrons. The van der Waals surface area contributed by atoms with E-state index in [1.54, 1.807) is 7.05 Å². The minimum absolute atomic E-state index is 0.0956. The van der Waals surface area contributed by atoms with Crippen molar-refractivity contribution in [1.82, 2.24) is 20.3 Å². The zero-order valence-corrected chi connectivity index (χ0v) is 11.5. The monoisotopic (exact) mass is 308 g/mol. The van der Waals surface area contributed by atoms with E-state index in [1.807, 2.05) is 0 Å². The van der Waals surface area contributed by atoms with Gasteiger partial charge >= 0.3 is 6.18 Å². The van der Waals surface area contributed by atoms with E-state index in [-0.39, 0.29) is 17.8 Å². The molecule has 8 heteroatoms. The van der Waals surface area contributed by atoms with Gasteiger partial charge in [-0.25, -0.2) is 0 Å². The Labute approximate surface area is 124 Å². The molecule has 0 spiro atoms. The van der Waals surface area contributed by atoms with E-state index in [2.05, 4.69) is 27.5 Å². The number of carbonyl (C=O) groups is 1. The summed E-state index contributed by atoms with van der Waals surface area (Å²) in [6, 6.07) is 5.00. The van der Waals surface area contributed by atoms with E-state index >= 15 is 0 Å². The summed E-state index contributed by atoms with van der Waals surface area (Å²) in [4.78, 5) is 11.6. The van der Waals surface area contributed by atoms with Gasteiger partial charge in [0.15, 0.2) is 5.69 Å².